The molecule has 4 heteroatoms. The van der Waals surface area contributed by atoms with Gasteiger partial charge in [-0.25, -0.2) is 0 Å². The van der Waals surface area contributed by atoms with E-state index < -0.39 is 0 Å². The van der Waals surface area contributed by atoms with Crippen molar-refractivity contribution >= 4 is 22.7 Å². The Morgan fingerprint density at radius 2 is 1.78 bits per heavy atom. The molecular formula is C19H17NO3. The molecule has 0 atom stereocenters. The molecule has 0 radical (unpaired) electrons. The summed E-state index contributed by atoms with van der Waals surface area (Å²) >= 11 is 0. The molecule has 0 bridgehead atoms. The fourth-order valence-corrected chi connectivity index (χ4v) is 2.56. The summed E-state index contributed by atoms with van der Waals surface area (Å²) in [7, 11) is 1.38. The SMILES string of the molecule is COC(=O)CCc1cc2cc(C(=O)c3ccccc3)ccc2[nH]1. The van der Waals surface area contributed by atoms with Crippen LogP contribution in [0.25, 0.3) is 10.9 Å². The highest BCUT2D eigenvalue weighted by atomic mass is 16.5. The largest absolute Gasteiger partial charge is 0.469 e. The van der Waals surface area contributed by atoms with Gasteiger partial charge in [-0.2, -0.15) is 0 Å². The first-order valence-electron chi connectivity index (χ1n) is 7.45. The van der Waals surface area contributed by atoms with Gasteiger partial charge in [-0.05, 0) is 30.7 Å². The number of ketones is 1. The van der Waals surface area contributed by atoms with Crippen LogP contribution >= 0.6 is 0 Å². The molecule has 0 amide bonds. The van der Waals surface area contributed by atoms with Crippen molar-refractivity contribution < 1.29 is 14.3 Å². The molecule has 1 aromatic heterocycles. The van der Waals surface area contributed by atoms with Crippen LogP contribution in [-0.4, -0.2) is 23.8 Å². The highest BCUT2D eigenvalue weighted by Gasteiger charge is 2.11. The van der Waals surface area contributed by atoms with Gasteiger partial charge in [0.15, 0.2) is 5.78 Å². The summed E-state index contributed by atoms with van der Waals surface area (Å²) in [5.74, 6) is -0.228. The van der Waals surface area contributed by atoms with E-state index in [2.05, 4.69) is 9.72 Å². The number of carbonyl (C=O) groups excluding carboxylic acids is 2. The van der Waals surface area contributed by atoms with Crippen molar-refractivity contribution in [2.24, 2.45) is 0 Å². The lowest BCUT2D eigenvalue weighted by Gasteiger charge is -2.01. The van der Waals surface area contributed by atoms with Crippen LogP contribution in [0.15, 0.2) is 54.6 Å². The molecule has 1 N–H and O–H groups in total. The molecule has 0 unspecified atom stereocenters. The van der Waals surface area contributed by atoms with Gasteiger partial charge in [0.05, 0.1) is 13.5 Å². The number of esters is 1. The van der Waals surface area contributed by atoms with Crippen molar-refractivity contribution in [3.05, 3.63) is 71.4 Å². The van der Waals surface area contributed by atoms with E-state index in [1.807, 2.05) is 54.6 Å². The minimum atomic E-state index is -0.233. The van der Waals surface area contributed by atoms with Gasteiger partial charge < -0.3 is 9.72 Å². The zero-order valence-electron chi connectivity index (χ0n) is 12.8. The van der Waals surface area contributed by atoms with Crippen LogP contribution in [0, 0.1) is 0 Å². The third-order valence-corrected chi connectivity index (χ3v) is 3.80. The van der Waals surface area contributed by atoms with Gasteiger partial charge in [-0.15, -0.1) is 0 Å². The van der Waals surface area contributed by atoms with Crippen LogP contribution in [0.3, 0.4) is 0 Å². The van der Waals surface area contributed by atoms with E-state index in [1.54, 1.807) is 0 Å². The van der Waals surface area contributed by atoms with Crippen LogP contribution in [0.2, 0.25) is 0 Å². The van der Waals surface area contributed by atoms with E-state index in [0.29, 0.717) is 24.0 Å². The number of fused-ring (bicyclic) bond motifs is 1. The molecule has 0 fully saturated rings. The van der Waals surface area contributed by atoms with Gasteiger partial charge in [-0.1, -0.05) is 30.3 Å². The maximum Gasteiger partial charge on any atom is 0.305 e. The van der Waals surface area contributed by atoms with Crippen molar-refractivity contribution in [3.8, 4) is 0 Å². The third kappa shape index (κ3) is 3.31. The van der Waals surface area contributed by atoms with Crippen molar-refractivity contribution in [1.82, 2.24) is 4.98 Å². The van der Waals surface area contributed by atoms with E-state index in [0.717, 1.165) is 16.6 Å². The molecule has 3 rings (SSSR count). The topological polar surface area (TPSA) is 59.2 Å². The minimum absolute atomic E-state index is 0.00445. The smallest absolute Gasteiger partial charge is 0.305 e. The number of aryl methyl sites for hydroxylation is 1. The number of carbonyl (C=O) groups is 2. The number of hydrogen-bond donors (Lipinski definition) is 1. The molecule has 23 heavy (non-hydrogen) atoms. The number of rotatable bonds is 5. The fraction of sp³-hybridized carbons (Fsp3) is 0.158. The molecule has 0 aliphatic carbocycles. The Kier molecular flexibility index (Phi) is 4.24. The summed E-state index contributed by atoms with van der Waals surface area (Å²) < 4.78 is 4.65. The molecular weight excluding hydrogens is 290 g/mol. The predicted molar refractivity (Wildman–Crippen MR) is 88.5 cm³/mol. The third-order valence-electron chi connectivity index (χ3n) is 3.80. The Morgan fingerprint density at radius 1 is 1.00 bits per heavy atom. The summed E-state index contributed by atoms with van der Waals surface area (Å²) in [6, 6.07) is 16.8. The lowest BCUT2D eigenvalue weighted by Crippen LogP contribution is -2.01. The van der Waals surface area contributed by atoms with Crippen LogP contribution < -0.4 is 0 Å². The maximum absolute atomic E-state index is 12.5. The Morgan fingerprint density at radius 3 is 2.52 bits per heavy atom. The fourth-order valence-electron chi connectivity index (χ4n) is 2.56. The number of H-pyrrole nitrogens is 1. The van der Waals surface area contributed by atoms with E-state index >= 15 is 0 Å². The quantitative estimate of drug-likeness (QED) is 0.579. The van der Waals surface area contributed by atoms with Crippen molar-refractivity contribution in [2.75, 3.05) is 7.11 Å². The zero-order chi connectivity index (χ0) is 16.2. The molecule has 2 aromatic carbocycles. The molecule has 116 valence electrons. The molecule has 0 spiro atoms. The van der Waals surface area contributed by atoms with Crippen LogP contribution in [0.5, 0.6) is 0 Å². The summed E-state index contributed by atoms with van der Waals surface area (Å²) in [6.07, 6.45) is 0.919. The average Bonchev–Trinajstić information content (AvgIpc) is 3.01. The Labute approximate surface area is 134 Å². The van der Waals surface area contributed by atoms with Gasteiger partial charge in [0.1, 0.15) is 0 Å². The first-order chi connectivity index (χ1) is 11.2. The predicted octanol–water partition coefficient (Wildman–Crippen LogP) is 3.50. The van der Waals surface area contributed by atoms with Gasteiger partial charge >= 0.3 is 5.97 Å². The lowest BCUT2D eigenvalue weighted by molar-refractivity contribution is -0.140. The minimum Gasteiger partial charge on any atom is -0.469 e. The summed E-state index contributed by atoms with van der Waals surface area (Å²) in [5, 5.41) is 0.964. The van der Waals surface area contributed by atoms with E-state index in [1.165, 1.54) is 7.11 Å². The van der Waals surface area contributed by atoms with Crippen LogP contribution in [0.1, 0.15) is 28.0 Å². The molecule has 4 nitrogen and oxygen atoms in total. The van der Waals surface area contributed by atoms with Crippen molar-refractivity contribution in [2.45, 2.75) is 12.8 Å². The number of nitrogens with one attached hydrogen (secondary N) is 1. The van der Waals surface area contributed by atoms with Gasteiger partial charge in [0, 0.05) is 27.7 Å². The highest BCUT2D eigenvalue weighted by Crippen LogP contribution is 2.20. The second-order valence-electron chi connectivity index (χ2n) is 5.37. The molecule has 0 saturated heterocycles. The standard InChI is InChI=1S/C19H17NO3/c1-23-18(21)10-8-16-12-15-11-14(7-9-17(15)20-16)19(22)13-5-3-2-4-6-13/h2-7,9,11-12,20H,8,10H2,1H3. The monoisotopic (exact) mass is 307 g/mol. The van der Waals surface area contributed by atoms with Crippen molar-refractivity contribution in [1.29, 1.82) is 0 Å². The van der Waals surface area contributed by atoms with E-state index in [4.69, 9.17) is 0 Å². The number of benzene rings is 2. The van der Waals surface area contributed by atoms with Gasteiger partial charge in [0.25, 0.3) is 0 Å². The number of aromatic amines is 1. The number of methoxy groups -OCH3 is 1. The molecule has 3 aromatic rings. The summed E-state index contributed by atoms with van der Waals surface area (Å²) in [6.45, 7) is 0. The first kappa shape index (κ1) is 15.0. The summed E-state index contributed by atoms with van der Waals surface area (Å²) in [5.41, 5.74) is 3.24. The lowest BCUT2D eigenvalue weighted by atomic mass is 10.0. The van der Waals surface area contributed by atoms with Crippen LogP contribution in [0.4, 0.5) is 0 Å². The summed E-state index contributed by atoms with van der Waals surface area (Å²) in [4.78, 5) is 27.0. The highest BCUT2D eigenvalue weighted by molar-refractivity contribution is 6.10. The number of ether oxygens (including phenoxy) is 1. The molecule has 0 aliphatic heterocycles. The van der Waals surface area contributed by atoms with Gasteiger partial charge in [0.2, 0.25) is 0 Å². The Balaban J connectivity index is 1.84. The van der Waals surface area contributed by atoms with Gasteiger partial charge in [-0.3, -0.25) is 9.59 Å². The molecule has 1 heterocycles. The van der Waals surface area contributed by atoms with Crippen molar-refractivity contribution in [3.63, 3.8) is 0 Å². The second kappa shape index (κ2) is 6.48. The molecule has 0 aliphatic rings. The first-order valence-corrected chi connectivity index (χ1v) is 7.45. The second-order valence-corrected chi connectivity index (χ2v) is 5.37. The molecule has 0 saturated carbocycles. The average molecular weight is 307 g/mol. The Hall–Kier alpha value is -2.88. The van der Waals surface area contributed by atoms with E-state index in [9.17, 15) is 9.59 Å². The Bertz CT molecular complexity index is 849. The maximum atomic E-state index is 12.5. The zero-order valence-corrected chi connectivity index (χ0v) is 12.8. The van der Waals surface area contributed by atoms with Crippen LogP contribution in [-0.2, 0) is 16.0 Å². The normalized spacial score (nSPS) is 10.7. The number of hydrogen-bond acceptors (Lipinski definition) is 3. The van der Waals surface area contributed by atoms with E-state index in [-0.39, 0.29) is 11.8 Å². The number of aromatic nitrogens is 1.